The fraction of sp³-hybridized carbons (Fsp3) is 0.136. The van der Waals surface area contributed by atoms with Gasteiger partial charge in [-0.1, -0.05) is 36.4 Å². The first kappa shape index (κ1) is 20.0. The van der Waals surface area contributed by atoms with E-state index in [9.17, 15) is 15.0 Å². The van der Waals surface area contributed by atoms with E-state index in [1.165, 1.54) is 5.57 Å². The van der Waals surface area contributed by atoms with Gasteiger partial charge in [0.05, 0.1) is 0 Å². The molecular formula is C22H24O3. The Hall–Kier alpha value is -3.07. The van der Waals surface area contributed by atoms with Crippen LogP contribution in [0.1, 0.15) is 20.8 Å². The summed E-state index contributed by atoms with van der Waals surface area (Å²) in [6.45, 7) is 12.5. The number of hydrogen-bond acceptors (Lipinski definition) is 3. The standard InChI is InChI=1S/C14H10O2.C4H6O.C4H8/c15-11-3-5-13-9(7-11)1-2-10-8-12(16)4-6-14(10)13;1-4(2)3-5;1-4(2)3/h1-8,15-16H;3H,1H2,2H3;1H2,2-3H3. The van der Waals surface area contributed by atoms with Crippen LogP contribution in [0.3, 0.4) is 0 Å². The topological polar surface area (TPSA) is 57.5 Å². The summed E-state index contributed by atoms with van der Waals surface area (Å²) < 4.78 is 0. The van der Waals surface area contributed by atoms with Gasteiger partial charge in [-0.25, -0.2) is 0 Å². The molecular weight excluding hydrogens is 312 g/mol. The number of hydrogen-bond donors (Lipinski definition) is 2. The predicted octanol–water partition coefficient (Wildman–Crippen LogP) is 5.75. The Labute approximate surface area is 148 Å². The molecule has 0 aliphatic rings. The van der Waals surface area contributed by atoms with E-state index >= 15 is 0 Å². The Kier molecular flexibility index (Phi) is 7.42. The molecule has 0 atom stereocenters. The summed E-state index contributed by atoms with van der Waals surface area (Å²) >= 11 is 0. The van der Waals surface area contributed by atoms with Crippen LogP contribution in [0.4, 0.5) is 0 Å². The lowest BCUT2D eigenvalue weighted by Gasteiger charge is -2.04. The van der Waals surface area contributed by atoms with E-state index in [0.717, 1.165) is 27.8 Å². The van der Waals surface area contributed by atoms with Gasteiger partial charge in [-0.3, -0.25) is 4.79 Å². The molecule has 0 spiro atoms. The minimum atomic E-state index is 0.269. The molecule has 0 aromatic heterocycles. The monoisotopic (exact) mass is 336 g/mol. The maximum atomic E-state index is 9.41. The number of carbonyl (C=O) groups is 1. The number of aldehydes is 1. The summed E-state index contributed by atoms with van der Waals surface area (Å²) in [5.74, 6) is 0.538. The zero-order valence-corrected chi connectivity index (χ0v) is 14.9. The van der Waals surface area contributed by atoms with E-state index in [0.29, 0.717) is 5.57 Å². The Bertz CT molecular complexity index is 843. The lowest BCUT2D eigenvalue weighted by atomic mass is 10.0. The lowest BCUT2D eigenvalue weighted by molar-refractivity contribution is -0.104. The number of fused-ring (bicyclic) bond motifs is 3. The summed E-state index contributed by atoms with van der Waals surface area (Å²) in [6.07, 6.45) is 0.722. The highest BCUT2D eigenvalue weighted by molar-refractivity contribution is 6.08. The van der Waals surface area contributed by atoms with Gasteiger partial charge in [0, 0.05) is 0 Å². The number of phenols is 2. The van der Waals surface area contributed by atoms with Gasteiger partial charge in [0.15, 0.2) is 0 Å². The molecule has 0 saturated carbocycles. The summed E-state index contributed by atoms with van der Waals surface area (Å²) in [4.78, 5) is 9.41. The van der Waals surface area contributed by atoms with Crippen LogP contribution < -0.4 is 0 Å². The first-order valence-corrected chi connectivity index (χ1v) is 7.82. The Morgan fingerprint density at radius 1 is 0.800 bits per heavy atom. The minimum absolute atomic E-state index is 0.269. The van der Waals surface area contributed by atoms with Crippen molar-refractivity contribution in [1.29, 1.82) is 0 Å². The van der Waals surface area contributed by atoms with Gasteiger partial charge in [0.25, 0.3) is 0 Å². The third-order valence-electron chi connectivity index (χ3n) is 3.00. The van der Waals surface area contributed by atoms with Crippen LogP contribution in [-0.2, 0) is 4.79 Å². The zero-order chi connectivity index (χ0) is 19.0. The van der Waals surface area contributed by atoms with E-state index in [4.69, 9.17) is 0 Å². The number of aromatic hydroxyl groups is 2. The third-order valence-corrected chi connectivity index (χ3v) is 3.00. The molecule has 0 fully saturated rings. The van der Waals surface area contributed by atoms with Crippen molar-refractivity contribution >= 4 is 27.8 Å². The van der Waals surface area contributed by atoms with Crippen LogP contribution in [0.5, 0.6) is 11.5 Å². The molecule has 25 heavy (non-hydrogen) atoms. The average Bonchev–Trinajstić information content (AvgIpc) is 2.54. The van der Waals surface area contributed by atoms with Crippen molar-refractivity contribution in [2.45, 2.75) is 20.8 Å². The molecule has 3 aromatic carbocycles. The first-order valence-electron chi connectivity index (χ1n) is 7.82. The molecule has 0 bridgehead atoms. The lowest BCUT2D eigenvalue weighted by Crippen LogP contribution is -1.77. The largest absolute Gasteiger partial charge is 0.508 e. The molecule has 0 amide bonds. The van der Waals surface area contributed by atoms with Crippen molar-refractivity contribution in [3.63, 3.8) is 0 Å². The highest BCUT2D eigenvalue weighted by atomic mass is 16.3. The van der Waals surface area contributed by atoms with E-state index in [1.54, 1.807) is 31.2 Å². The van der Waals surface area contributed by atoms with Crippen LogP contribution in [0.2, 0.25) is 0 Å². The smallest absolute Gasteiger partial charge is 0.145 e. The van der Waals surface area contributed by atoms with E-state index in [2.05, 4.69) is 13.2 Å². The second-order valence-corrected chi connectivity index (χ2v) is 6.05. The second-order valence-electron chi connectivity index (χ2n) is 6.05. The van der Waals surface area contributed by atoms with Crippen molar-refractivity contribution in [3.8, 4) is 11.5 Å². The maximum absolute atomic E-state index is 9.41. The van der Waals surface area contributed by atoms with Gasteiger partial charge in [-0.05, 0) is 72.2 Å². The van der Waals surface area contributed by atoms with Gasteiger partial charge in [-0.2, -0.15) is 0 Å². The summed E-state index contributed by atoms with van der Waals surface area (Å²) in [5.41, 5.74) is 1.74. The van der Waals surface area contributed by atoms with Crippen LogP contribution >= 0.6 is 0 Å². The average molecular weight is 336 g/mol. The quantitative estimate of drug-likeness (QED) is 0.257. The molecule has 0 heterocycles. The van der Waals surface area contributed by atoms with Gasteiger partial charge >= 0.3 is 0 Å². The number of benzene rings is 3. The Morgan fingerprint density at radius 2 is 1.12 bits per heavy atom. The highest BCUT2D eigenvalue weighted by Crippen LogP contribution is 2.29. The fourth-order valence-electron chi connectivity index (χ4n) is 2.05. The first-order chi connectivity index (χ1) is 11.7. The van der Waals surface area contributed by atoms with Crippen LogP contribution in [0.15, 0.2) is 72.8 Å². The van der Waals surface area contributed by atoms with Crippen LogP contribution in [0.25, 0.3) is 21.5 Å². The molecule has 0 saturated heterocycles. The van der Waals surface area contributed by atoms with E-state index < -0.39 is 0 Å². The number of phenolic OH excluding ortho intramolecular Hbond substituents is 2. The summed E-state index contributed by atoms with van der Waals surface area (Å²) in [5, 5.41) is 23.0. The van der Waals surface area contributed by atoms with E-state index in [-0.39, 0.29) is 11.5 Å². The van der Waals surface area contributed by atoms with Gasteiger partial charge < -0.3 is 10.2 Å². The zero-order valence-electron chi connectivity index (χ0n) is 14.9. The molecule has 3 aromatic rings. The normalized spacial score (nSPS) is 9.40. The van der Waals surface area contributed by atoms with Gasteiger partial charge in [0.1, 0.15) is 17.8 Å². The Morgan fingerprint density at radius 3 is 1.40 bits per heavy atom. The SMILES string of the molecule is C=C(C)C.C=C(C)C=O.Oc1ccc2c(ccc3cc(O)ccc32)c1. The molecule has 2 N–H and O–H groups in total. The van der Waals surface area contributed by atoms with Crippen LogP contribution in [0, 0.1) is 0 Å². The number of allylic oxidation sites excluding steroid dienone is 2. The maximum Gasteiger partial charge on any atom is 0.145 e. The fourth-order valence-corrected chi connectivity index (χ4v) is 2.05. The third kappa shape index (κ3) is 6.51. The molecule has 0 unspecified atom stereocenters. The van der Waals surface area contributed by atoms with Gasteiger partial charge in [-0.15, -0.1) is 6.58 Å². The summed E-state index contributed by atoms with van der Waals surface area (Å²) in [6, 6.07) is 14.5. The molecule has 3 nitrogen and oxygen atoms in total. The van der Waals surface area contributed by atoms with Crippen molar-refractivity contribution in [3.05, 3.63) is 72.8 Å². The van der Waals surface area contributed by atoms with Crippen LogP contribution in [-0.4, -0.2) is 16.5 Å². The number of carbonyl (C=O) groups excluding carboxylic acids is 1. The summed E-state index contributed by atoms with van der Waals surface area (Å²) in [7, 11) is 0. The predicted molar refractivity (Wildman–Crippen MR) is 106 cm³/mol. The number of rotatable bonds is 1. The van der Waals surface area contributed by atoms with Crippen molar-refractivity contribution in [1.82, 2.24) is 0 Å². The van der Waals surface area contributed by atoms with Crippen molar-refractivity contribution < 1.29 is 15.0 Å². The highest BCUT2D eigenvalue weighted by Gasteiger charge is 2.01. The molecule has 3 heteroatoms. The Balaban J connectivity index is 0.000000293. The van der Waals surface area contributed by atoms with Gasteiger partial charge in [0.2, 0.25) is 0 Å². The molecule has 130 valence electrons. The molecule has 0 radical (unpaired) electrons. The van der Waals surface area contributed by atoms with Crippen molar-refractivity contribution in [2.24, 2.45) is 0 Å². The van der Waals surface area contributed by atoms with E-state index in [1.807, 2.05) is 38.1 Å². The minimum Gasteiger partial charge on any atom is -0.508 e. The molecule has 3 rings (SSSR count). The molecule has 0 aliphatic carbocycles. The second kappa shape index (κ2) is 9.28. The molecule has 0 aliphatic heterocycles. The van der Waals surface area contributed by atoms with Crippen molar-refractivity contribution in [2.75, 3.05) is 0 Å².